The van der Waals surface area contributed by atoms with E-state index in [1.54, 1.807) is 0 Å². The number of halogens is 1. The number of hydrogen-bond acceptors (Lipinski definition) is 5. The summed E-state index contributed by atoms with van der Waals surface area (Å²) in [6.07, 6.45) is 4.26. The summed E-state index contributed by atoms with van der Waals surface area (Å²) in [5.74, 6) is -3.72. The SMILES string of the molecule is Cc1cc(C)cc(P(Cl)(CCCCCCCC(=O)N[C@H](CO)[C@H](O)c2ccc([N+](=O)[O-])cc2)(c2cc(C)cc(C)c2)c2cc(C)cc(C)c2)c1. The summed E-state index contributed by atoms with van der Waals surface area (Å²) in [6, 6.07) is 24.9. The van der Waals surface area contributed by atoms with Crippen molar-refractivity contribution >= 4 is 44.7 Å². The zero-order valence-corrected chi connectivity index (χ0v) is 31.9. The molecule has 0 aliphatic rings. The number of nitrogens with one attached hydrogen (secondary N) is 1. The molecule has 0 aliphatic carbocycles. The predicted octanol–water partition coefficient (Wildman–Crippen LogP) is 7.98. The van der Waals surface area contributed by atoms with Crippen molar-refractivity contribution in [3.05, 3.63) is 128 Å². The van der Waals surface area contributed by atoms with Crippen LogP contribution in [0.2, 0.25) is 0 Å². The Morgan fingerprint density at radius 3 is 1.52 bits per heavy atom. The van der Waals surface area contributed by atoms with E-state index in [1.165, 1.54) is 73.6 Å². The fraction of sp³-hybridized carbons (Fsp3) is 0.390. The predicted molar refractivity (Wildman–Crippen MR) is 209 cm³/mol. The van der Waals surface area contributed by atoms with Crippen LogP contribution in [0.15, 0.2) is 78.9 Å². The number of carbonyl (C=O) groups is 1. The molecular weight excluding hydrogens is 667 g/mol. The summed E-state index contributed by atoms with van der Waals surface area (Å²) in [4.78, 5) is 23.2. The second kappa shape index (κ2) is 16.6. The van der Waals surface area contributed by atoms with Gasteiger partial charge in [-0.25, -0.2) is 0 Å². The number of hydrogen-bond donors (Lipinski definition) is 3. The Kier molecular flexibility index (Phi) is 13.0. The average molecular weight is 719 g/mol. The van der Waals surface area contributed by atoms with E-state index in [1.807, 2.05) is 0 Å². The monoisotopic (exact) mass is 718 g/mol. The molecule has 0 radical (unpaired) electrons. The maximum absolute atomic E-state index is 12.8. The Hall–Kier alpha value is -3.61. The van der Waals surface area contributed by atoms with E-state index in [0.29, 0.717) is 12.0 Å². The minimum absolute atomic E-state index is 0.0968. The van der Waals surface area contributed by atoms with Crippen molar-refractivity contribution in [2.45, 2.75) is 92.2 Å². The van der Waals surface area contributed by atoms with Crippen LogP contribution in [0.25, 0.3) is 0 Å². The molecule has 0 heterocycles. The number of nitrogens with zero attached hydrogens (tertiary/aromatic N) is 1. The summed E-state index contributed by atoms with van der Waals surface area (Å²) in [7, 11) is 0. The van der Waals surface area contributed by atoms with Crippen molar-refractivity contribution < 1.29 is 19.9 Å². The second-order valence-corrected chi connectivity index (χ2v) is 20.7. The number of carbonyl (C=O) groups excluding carboxylic acids is 1. The first-order valence-corrected chi connectivity index (χ1v) is 20.8. The van der Waals surface area contributed by atoms with Crippen LogP contribution in [0.5, 0.6) is 0 Å². The molecule has 1 amide bonds. The Bertz CT molecular complexity index is 1640. The number of rotatable bonds is 16. The van der Waals surface area contributed by atoms with Crippen LogP contribution in [0, 0.1) is 51.7 Å². The van der Waals surface area contributed by atoms with Crippen LogP contribution in [0.4, 0.5) is 5.69 Å². The zero-order valence-electron chi connectivity index (χ0n) is 30.2. The number of amides is 1. The molecule has 2 atom stereocenters. The molecule has 9 heteroatoms. The van der Waals surface area contributed by atoms with E-state index >= 15 is 0 Å². The molecule has 0 bridgehead atoms. The number of aliphatic hydroxyl groups is 2. The third kappa shape index (κ3) is 8.99. The maximum atomic E-state index is 12.8. The molecule has 0 aromatic heterocycles. The van der Waals surface area contributed by atoms with Crippen LogP contribution in [0.1, 0.15) is 83.6 Å². The summed E-state index contributed by atoms with van der Waals surface area (Å²) in [6.45, 7) is 12.4. The topological polar surface area (TPSA) is 113 Å². The van der Waals surface area contributed by atoms with Gasteiger partial charge in [0.15, 0.2) is 0 Å². The van der Waals surface area contributed by atoms with Crippen molar-refractivity contribution in [1.29, 1.82) is 0 Å². The van der Waals surface area contributed by atoms with Gasteiger partial charge in [-0.3, -0.25) is 10.1 Å². The minimum atomic E-state index is -3.47. The number of aryl methyl sites for hydroxylation is 6. The molecule has 3 N–H and O–H groups in total. The van der Waals surface area contributed by atoms with Gasteiger partial charge in [0.1, 0.15) is 0 Å². The molecule has 268 valence electrons. The van der Waals surface area contributed by atoms with Gasteiger partial charge in [-0.05, 0) is 12.1 Å². The average Bonchev–Trinajstić information content (AvgIpc) is 3.05. The normalized spacial score (nSPS) is 13.7. The second-order valence-electron chi connectivity index (χ2n) is 14.1. The molecule has 7 nitrogen and oxygen atoms in total. The van der Waals surface area contributed by atoms with Crippen molar-refractivity contribution in [2.24, 2.45) is 0 Å². The van der Waals surface area contributed by atoms with Crippen molar-refractivity contribution in [3.8, 4) is 0 Å². The molecular formula is C41H52ClN2O5P. The molecule has 0 aliphatic heterocycles. The van der Waals surface area contributed by atoms with E-state index in [-0.39, 0.29) is 18.0 Å². The summed E-state index contributed by atoms with van der Waals surface area (Å²) >= 11 is 8.55. The van der Waals surface area contributed by atoms with Crippen molar-refractivity contribution in [2.75, 3.05) is 12.8 Å². The van der Waals surface area contributed by atoms with Gasteiger partial charge >= 0.3 is 258 Å². The van der Waals surface area contributed by atoms with Gasteiger partial charge in [-0.1, -0.05) is 0 Å². The van der Waals surface area contributed by atoms with Gasteiger partial charge in [0.2, 0.25) is 0 Å². The van der Waals surface area contributed by atoms with Crippen LogP contribution in [-0.4, -0.2) is 39.9 Å². The first kappa shape index (κ1) is 39.2. The Balaban J connectivity index is 1.47. The number of nitro groups is 1. The number of aliphatic hydroxyl groups excluding tert-OH is 2. The van der Waals surface area contributed by atoms with Gasteiger partial charge in [0.25, 0.3) is 5.69 Å². The fourth-order valence-electron chi connectivity index (χ4n) is 7.25. The van der Waals surface area contributed by atoms with Crippen molar-refractivity contribution in [3.63, 3.8) is 0 Å². The Labute approximate surface area is 302 Å². The van der Waals surface area contributed by atoms with Gasteiger partial charge in [0.05, 0.1) is 4.92 Å². The van der Waals surface area contributed by atoms with E-state index in [9.17, 15) is 25.1 Å². The third-order valence-electron chi connectivity index (χ3n) is 9.59. The van der Waals surface area contributed by atoms with Crippen LogP contribution >= 0.6 is 17.2 Å². The number of benzene rings is 4. The van der Waals surface area contributed by atoms with Crippen LogP contribution < -0.4 is 21.2 Å². The van der Waals surface area contributed by atoms with Gasteiger partial charge in [-0.15, -0.1) is 0 Å². The Morgan fingerprint density at radius 2 is 1.12 bits per heavy atom. The number of unbranched alkanes of at least 4 members (excludes halogenated alkanes) is 4. The quantitative estimate of drug-likeness (QED) is 0.0471. The molecule has 0 fully saturated rings. The summed E-state index contributed by atoms with van der Waals surface area (Å²) in [5, 5.41) is 37.8. The number of non-ortho nitro benzene ring substituents is 1. The molecule has 50 heavy (non-hydrogen) atoms. The molecule has 0 saturated heterocycles. The van der Waals surface area contributed by atoms with E-state index in [4.69, 9.17) is 11.2 Å². The Morgan fingerprint density at radius 1 is 0.720 bits per heavy atom. The standard InChI is InChI=1S/C41H52ClN2O5P/c1-28-18-29(2)22-36(21-28)50(42,37-23-30(3)19-31(4)24-37,38-25-32(5)20-33(6)26-38)17-11-9-7-8-10-12-40(46)43-39(27-45)41(47)34-13-15-35(16-14-34)44(48)49/h13-16,18-26,39,41,45,47H,7-12,17,27H2,1-6H3,(H,43,46)/t39-,41-/m1/s1. The summed E-state index contributed by atoms with van der Waals surface area (Å²) < 4.78 is 0. The molecule has 0 unspecified atom stereocenters. The molecule has 4 aromatic carbocycles. The molecule has 0 saturated carbocycles. The van der Waals surface area contributed by atoms with Gasteiger partial charge in [0, 0.05) is 12.1 Å². The van der Waals surface area contributed by atoms with E-state index < -0.39 is 29.6 Å². The molecule has 4 aromatic rings. The van der Waals surface area contributed by atoms with Gasteiger partial charge in [-0.2, -0.15) is 0 Å². The van der Waals surface area contributed by atoms with Crippen LogP contribution in [0.3, 0.4) is 0 Å². The zero-order chi connectivity index (χ0) is 36.7. The van der Waals surface area contributed by atoms with E-state index in [2.05, 4.69) is 101 Å². The number of nitro benzene ring substituents is 1. The van der Waals surface area contributed by atoms with Crippen LogP contribution in [-0.2, 0) is 4.79 Å². The summed E-state index contributed by atoms with van der Waals surface area (Å²) in [5.41, 5.74) is 7.48. The van der Waals surface area contributed by atoms with Crippen molar-refractivity contribution in [1.82, 2.24) is 5.32 Å². The van der Waals surface area contributed by atoms with Gasteiger partial charge < -0.3 is 0 Å². The first-order chi connectivity index (χ1) is 23.6. The third-order valence-corrected chi connectivity index (χ3v) is 17.0. The van der Waals surface area contributed by atoms with E-state index in [0.717, 1.165) is 31.8 Å². The fourth-order valence-corrected chi connectivity index (χ4v) is 13.8. The molecule has 0 spiro atoms. The molecule has 4 rings (SSSR count). The first-order valence-electron chi connectivity index (χ1n) is 17.5.